The molecule has 0 radical (unpaired) electrons. The predicted octanol–water partition coefficient (Wildman–Crippen LogP) is 3.56. The lowest BCUT2D eigenvalue weighted by Gasteiger charge is -2.09. The number of benzene rings is 1. The van der Waals surface area contributed by atoms with Gasteiger partial charge in [0, 0.05) is 10.1 Å². The Kier molecular flexibility index (Phi) is 3.49. The van der Waals surface area contributed by atoms with Crippen LogP contribution >= 0.6 is 11.8 Å². The molecule has 0 heterocycles. The summed E-state index contributed by atoms with van der Waals surface area (Å²) >= 11 is 1.47. The Bertz CT molecular complexity index is 400. The number of carboxylic acid groups (broad SMARTS) is 1. The first-order valence-electron chi connectivity index (χ1n) is 5.36. The number of aromatic carboxylic acids is 1. The van der Waals surface area contributed by atoms with E-state index in [1.54, 1.807) is 0 Å². The van der Waals surface area contributed by atoms with Crippen molar-refractivity contribution in [1.29, 1.82) is 0 Å². The van der Waals surface area contributed by atoms with Crippen molar-refractivity contribution >= 4 is 17.7 Å². The number of carbonyl (C=O) groups is 1. The summed E-state index contributed by atoms with van der Waals surface area (Å²) in [7, 11) is 0. The third kappa shape index (κ3) is 2.55. The highest BCUT2D eigenvalue weighted by atomic mass is 32.2. The monoisotopic (exact) mass is 240 g/mol. The summed E-state index contributed by atoms with van der Waals surface area (Å²) < 4.78 is 13.5. The van der Waals surface area contributed by atoms with Gasteiger partial charge in [0.05, 0.1) is 5.56 Å². The lowest BCUT2D eigenvalue weighted by Crippen LogP contribution is -1.99. The fraction of sp³-hybridized carbons (Fsp3) is 0.417. The van der Waals surface area contributed by atoms with Gasteiger partial charge < -0.3 is 5.11 Å². The van der Waals surface area contributed by atoms with Crippen LogP contribution in [0.4, 0.5) is 4.39 Å². The lowest BCUT2D eigenvalue weighted by atomic mass is 10.2. The summed E-state index contributed by atoms with van der Waals surface area (Å²) in [6.07, 6.45) is 4.58. The molecule has 2 nitrogen and oxygen atoms in total. The van der Waals surface area contributed by atoms with Crippen LogP contribution in [0.15, 0.2) is 23.1 Å². The van der Waals surface area contributed by atoms with Crippen molar-refractivity contribution in [1.82, 2.24) is 0 Å². The van der Waals surface area contributed by atoms with E-state index in [0.29, 0.717) is 10.1 Å². The minimum absolute atomic E-state index is 0.155. The molecule has 1 aliphatic rings. The first kappa shape index (κ1) is 11.5. The summed E-state index contributed by atoms with van der Waals surface area (Å²) in [6.45, 7) is 0. The normalized spacial score (nSPS) is 16.6. The smallest absolute Gasteiger partial charge is 0.335 e. The molecule has 16 heavy (non-hydrogen) atoms. The van der Waals surface area contributed by atoms with Gasteiger partial charge in [0.1, 0.15) is 5.82 Å². The Hall–Kier alpha value is -1.03. The van der Waals surface area contributed by atoms with Crippen LogP contribution in [-0.4, -0.2) is 16.3 Å². The van der Waals surface area contributed by atoms with Gasteiger partial charge in [0.2, 0.25) is 0 Å². The Balaban J connectivity index is 2.17. The van der Waals surface area contributed by atoms with Crippen LogP contribution in [0, 0.1) is 5.82 Å². The Morgan fingerprint density at radius 1 is 1.38 bits per heavy atom. The van der Waals surface area contributed by atoms with E-state index in [9.17, 15) is 9.18 Å². The number of halogens is 1. The molecule has 0 saturated heterocycles. The van der Waals surface area contributed by atoms with Gasteiger partial charge in [0.15, 0.2) is 0 Å². The molecule has 0 bridgehead atoms. The summed E-state index contributed by atoms with van der Waals surface area (Å²) in [6, 6.07) is 3.97. The van der Waals surface area contributed by atoms with Gasteiger partial charge in [-0.05, 0) is 31.0 Å². The van der Waals surface area contributed by atoms with Crippen molar-refractivity contribution in [3.8, 4) is 0 Å². The third-order valence-electron chi connectivity index (χ3n) is 2.77. The molecular weight excluding hydrogens is 227 g/mol. The van der Waals surface area contributed by atoms with E-state index in [-0.39, 0.29) is 11.4 Å². The Labute approximate surface area is 97.9 Å². The van der Waals surface area contributed by atoms with Gasteiger partial charge in [-0.2, -0.15) is 0 Å². The standard InChI is InChI=1S/C12H13FO2S/c13-10-6-5-8(12(14)15)7-11(10)16-9-3-1-2-4-9/h5-7,9H,1-4H2,(H,14,15). The SMILES string of the molecule is O=C(O)c1ccc(F)c(SC2CCCC2)c1. The molecule has 1 N–H and O–H groups in total. The molecule has 1 aliphatic carbocycles. The average Bonchev–Trinajstić information content (AvgIpc) is 2.73. The molecule has 2 rings (SSSR count). The van der Waals surface area contributed by atoms with Crippen molar-refractivity contribution < 1.29 is 14.3 Å². The number of rotatable bonds is 3. The summed E-state index contributed by atoms with van der Waals surface area (Å²) in [5.41, 5.74) is 0.155. The fourth-order valence-corrected chi connectivity index (χ4v) is 3.22. The second-order valence-electron chi connectivity index (χ2n) is 3.97. The topological polar surface area (TPSA) is 37.3 Å². The van der Waals surface area contributed by atoms with Crippen LogP contribution in [0.1, 0.15) is 36.0 Å². The highest BCUT2D eigenvalue weighted by Gasteiger charge is 2.18. The molecule has 1 saturated carbocycles. The molecule has 0 spiro atoms. The van der Waals surface area contributed by atoms with E-state index < -0.39 is 5.97 Å². The van der Waals surface area contributed by atoms with Crippen molar-refractivity contribution in [3.63, 3.8) is 0 Å². The Morgan fingerprint density at radius 2 is 2.06 bits per heavy atom. The van der Waals surface area contributed by atoms with Gasteiger partial charge in [-0.1, -0.05) is 12.8 Å². The zero-order valence-corrected chi connectivity index (χ0v) is 9.60. The molecule has 0 aliphatic heterocycles. The van der Waals surface area contributed by atoms with Crippen LogP contribution < -0.4 is 0 Å². The van der Waals surface area contributed by atoms with E-state index >= 15 is 0 Å². The molecule has 0 atom stereocenters. The minimum atomic E-state index is -1.01. The lowest BCUT2D eigenvalue weighted by molar-refractivity contribution is 0.0696. The molecule has 0 unspecified atom stereocenters. The molecule has 4 heteroatoms. The maximum atomic E-state index is 13.5. The largest absolute Gasteiger partial charge is 0.478 e. The van der Waals surface area contributed by atoms with Gasteiger partial charge in [-0.15, -0.1) is 11.8 Å². The quantitative estimate of drug-likeness (QED) is 0.877. The summed E-state index contributed by atoms with van der Waals surface area (Å²) in [4.78, 5) is 11.2. The molecule has 0 amide bonds. The summed E-state index contributed by atoms with van der Waals surface area (Å²) in [5, 5.41) is 9.27. The van der Waals surface area contributed by atoms with Crippen LogP contribution in [0.3, 0.4) is 0 Å². The zero-order chi connectivity index (χ0) is 11.5. The van der Waals surface area contributed by atoms with Crippen LogP contribution in [0.25, 0.3) is 0 Å². The van der Waals surface area contributed by atoms with Crippen LogP contribution in [0.2, 0.25) is 0 Å². The molecule has 1 aromatic carbocycles. The molecular formula is C12H13FO2S. The molecule has 86 valence electrons. The van der Waals surface area contributed by atoms with Crippen molar-refractivity contribution in [2.24, 2.45) is 0 Å². The first-order valence-corrected chi connectivity index (χ1v) is 6.24. The summed E-state index contributed by atoms with van der Waals surface area (Å²) in [5.74, 6) is -1.32. The number of carboxylic acids is 1. The number of hydrogen-bond donors (Lipinski definition) is 1. The van der Waals surface area contributed by atoms with Crippen molar-refractivity contribution in [2.75, 3.05) is 0 Å². The van der Waals surface area contributed by atoms with Gasteiger partial charge in [-0.25, -0.2) is 9.18 Å². The van der Waals surface area contributed by atoms with Gasteiger partial charge >= 0.3 is 5.97 Å². The molecule has 0 aromatic heterocycles. The molecule has 1 fully saturated rings. The average molecular weight is 240 g/mol. The van der Waals surface area contributed by atoms with Crippen molar-refractivity contribution in [3.05, 3.63) is 29.6 Å². The predicted molar refractivity (Wildman–Crippen MR) is 61.5 cm³/mol. The van der Waals surface area contributed by atoms with E-state index in [1.807, 2.05) is 0 Å². The van der Waals surface area contributed by atoms with Crippen LogP contribution in [0.5, 0.6) is 0 Å². The highest BCUT2D eigenvalue weighted by molar-refractivity contribution is 8.00. The fourth-order valence-electron chi connectivity index (χ4n) is 1.91. The van der Waals surface area contributed by atoms with Gasteiger partial charge in [-0.3, -0.25) is 0 Å². The van der Waals surface area contributed by atoms with Crippen LogP contribution in [-0.2, 0) is 0 Å². The van der Waals surface area contributed by atoms with Crippen molar-refractivity contribution in [2.45, 2.75) is 35.8 Å². The highest BCUT2D eigenvalue weighted by Crippen LogP contribution is 2.36. The maximum Gasteiger partial charge on any atom is 0.335 e. The zero-order valence-electron chi connectivity index (χ0n) is 8.78. The third-order valence-corrected chi connectivity index (χ3v) is 4.15. The van der Waals surface area contributed by atoms with E-state index in [0.717, 1.165) is 12.8 Å². The number of thioether (sulfide) groups is 1. The van der Waals surface area contributed by atoms with E-state index in [4.69, 9.17) is 5.11 Å². The van der Waals surface area contributed by atoms with E-state index in [2.05, 4.69) is 0 Å². The Morgan fingerprint density at radius 3 is 2.69 bits per heavy atom. The maximum absolute atomic E-state index is 13.5. The number of hydrogen-bond acceptors (Lipinski definition) is 2. The first-order chi connectivity index (χ1) is 7.66. The second kappa shape index (κ2) is 4.87. The minimum Gasteiger partial charge on any atom is -0.478 e. The van der Waals surface area contributed by atoms with E-state index in [1.165, 1.54) is 42.8 Å². The molecule has 1 aromatic rings. The second-order valence-corrected chi connectivity index (χ2v) is 5.32. The van der Waals surface area contributed by atoms with Gasteiger partial charge in [0.25, 0.3) is 0 Å².